The van der Waals surface area contributed by atoms with Crippen LogP contribution < -0.4 is 19.4 Å². The second-order valence-electron chi connectivity index (χ2n) is 12.5. The highest BCUT2D eigenvalue weighted by Crippen LogP contribution is 2.58. The molecule has 4 aliphatic heterocycles. The van der Waals surface area contributed by atoms with Crippen LogP contribution in [0.25, 0.3) is 0 Å². The maximum atomic E-state index is 14.7. The van der Waals surface area contributed by atoms with E-state index in [2.05, 4.69) is 18.7 Å². The van der Waals surface area contributed by atoms with Gasteiger partial charge >= 0.3 is 0 Å². The van der Waals surface area contributed by atoms with Crippen molar-refractivity contribution in [3.8, 4) is 5.75 Å². The van der Waals surface area contributed by atoms with Crippen LogP contribution in [0.4, 0.5) is 17.1 Å². The number of likely N-dealkylation sites (tertiary alicyclic amines) is 1. The fourth-order valence-corrected chi connectivity index (χ4v) is 8.03. The van der Waals surface area contributed by atoms with Crippen molar-refractivity contribution < 1.29 is 29.0 Å². The predicted molar refractivity (Wildman–Crippen MR) is 182 cm³/mol. The first kappa shape index (κ1) is 32.8. The van der Waals surface area contributed by atoms with Gasteiger partial charge in [-0.05, 0) is 82.1 Å². The molecule has 47 heavy (non-hydrogen) atoms. The molecule has 10 nitrogen and oxygen atoms in total. The highest BCUT2D eigenvalue weighted by Gasteiger charge is 2.75. The molecule has 2 saturated heterocycles. The molecule has 0 radical (unpaired) electrons. The SMILES string of the molecule is CCOc1ccc(N2CC=C[C@]3(CC)O[C@]45C=CCN(c6ccc(N(CC)CC)cc6)C(=O)C4N(CCCO)C(=O)[C@@H]5[C@@H]3C2=O)cc1. The lowest BCUT2D eigenvalue weighted by Crippen LogP contribution is -2.56. The summed E-state index contributed by atoms with van der Waals surface area (Å²) in [6.45, 7) is 11.0. The fraction of sp³-hybridized carbons (Fsp3) is 0.486. The van der Waals surface area contributed by atoms with Crippen LogP contribution in [0.3, 0.4) is 0 Å². The second-order valence-corrected chi connectivity index (χ2v) is 12.5. The number of rotatable bonds is 11. The van der Waals surface area contributed by atoms with Crippen molar-refractivity contribution in [2.45, 2.75) is 57.8 Å². The van der Waals surface area contributed by atoms with Crippen molar-refractivity contribution in [3.05, 3.63) is 72.8 Å². The number of hydrogen-bond donors (Lipinski definition) is 1. The predicted octanol–water partition coefficient (Wildman–Crippen LogP) is 4.18. The van der Waals surface area contributed by atoms with Crippen LogP contribution in [0, 0.1) is 11.8 Å². The Bertz CT molecular complexity index is 1540. The summed E-state index contributed by atoms with van der Waals surface area (Å²) in [4.78, 5) is 51.3. The van der Waals surface area contributed by atoms with E-state index >= 15 is 0 Å². The number of aliphatic hydroxyl groups is 1. The minimum atomic E-state index is -1.36. The number of amides is 3. The van der Waals surface area contributed by atoms with E-state index in [4.69, 9.17) is 9.47 Å². The van der Waals surface area contributed by atoms with Gasteiger partial charge in [-0.15, -0.1) is 0 Å². The summed E-state index contributed by atoms with van der Waals surface area (Å²) in [5, 5.41) is 9.77. The van der Waals surface area contributed by atoms with Crippen LogP contribution in [-0.4, -0.2) is 90.9 Å². The number of anilines is 3. The number of nitrogens with zero attached hydrogens (tertiary/aromatic N) is 4. The first-order valence-electron chi connectivity index (χ1n) is 17.0. The Morgan fingerprint density at radius 2 is 1.45 bits per heavy atom. The topological polar surface area (TPSA) is 103 Å². The average Bonchev–Trinajstić information content (AvgIpc) is 3.37. The summed E-state index contributed by atoms with van der Waals surface area (Å²) < 4.78 is 12.7. The van der Waals surface area contributed by atoms with Crippen molar-refractivity contribution in [2.24, 2.45) is 11.8 Å². The highest BCUT2D eigenvalue weighted by atomic mass is 16.5. The van der Waals surface area contributed by atoms with Crippen LogP contribution >= 0.6 is 0 Å². The van der Waals surface area contributed by atoms with E-state index in [1.165, 1.54) is 0 Å². The van der Waals surface area contributed by atoms with Gasteiger partial charge in [-0.1, -0.05) is 31.2 Å². The lowest BCUT2D eigenvalue weighted by molar-refractivity contribution is -0.145. The molecule has 2 aromatic rings. The molecule has 0 bridgehead atoms. The monoisotopic (exact) mass is 642 g/mol. The molecular weight excluding hydrogens is 596 g/mol. The molecule has 4 heterocycles. The quantitative estimate of drug-likeness (QED) is 0.367. The molecular formula is C37H46N4O6. The zero-order valence-corrected chi connectivity index (χ0v) is 27.8. The maximum Gasteiger partial charge on any atom is 0.253 e. The summed E-state index contributed by atoms with van der Waals surface area (Å²) in [6.07, 6.45) is 8.40. The molecule has 2 fully saturated rings. The maximum absolute atomic E-state index is 14.7. The number of benzene rings is 2. The third-order valence-corrected chi connectivity index (χ3v) is 10.2. The van der Waals surface area contributed by atoms with Crippen LogP contribution in [0.2, 0.25) is 0 Å². The Morgan fingerprint density at radius 1 is 0.830 bits per heavy atom. The number of ether oxygens (including phenoxy) is 2. The van der Waals surface area contributed by atoms with Gasteiger partial charge in [-0.25, -0.2) is 0 Å². The van der Waals surface area contributed by atoms with Gasteiger partial charge < -0.3 is 34.2 Å². The molecule has 4 aliphatic rings. The molecule has 1 N–H and O–H groups in total. The first-order valence-corrected chi connectivity index (χ1v) is 17.0. The Kier molecular flexibility index (Phi) is 9.18. The van der Waals surface area contributed by atoms with Crippen molar-refractivity contribution in [2.75, 3.05) is 60.6 Å². The zero-order valence-electron chi connectivity index (χ0n) is 27.8. The van der Waals surface area contributed by atoms with Gasteiger partial charge in [-0.3, -0.25) is 14.4 Å². The molecule has 10 heteroatoms. The Labute approximate surface area is 277 Å². The zero-order chi connectivity index (χ0) is 33.3. The average molecular weight is 643 g/mol. The molecule has 0 aliphatic carbocycles. The molecule has 1 unspecified atom stereocenters. The molecule has 1 spiro atoms. The summed E-state index contributed by atoms with van der Waals surface area (Å²) in [6, 6.07) is 14.3. The third kappa shape index (κ3) is 5.31. The number of fused-ring (bicyclic) bond motifs is 2. The van der Waals surface area contributed by atoms with E-state index in [0.29, 0.717) is 44.0 Å². The van der Waals surface area contributed by atoms with Gasteiger partial charge in [0.25, 0.3) is 5.91 Å². The lowest BCUT2D eigenvalue weighted by Gasteiger charge is -2.38. The van der Waals surface area contributed by atoms with E-state index in [0.717, 1.165) is 24.5 Å². The minimum Gasteiger partial charge on any atom is -0.494 e. The molecule has 0 aromatic heterocycles. The van der Waals surface area contributed by atoms with E-state index < -0.39 is 29.1 Å². The van der Waals surface area contributed by atoms with E-state index in [-0.39, 0.29) is 30.9 Å². The molecule has 2 aromatic carbocycles. The number of carbonyl (C=O) groups excluding carboxylic acids is 3. The number of carbonyl (C=O) groups is 3. The Hall–Kier alpha value is -4.15. The molecule has 6 rings (SSSR count). The van der Waals surface area contributed by atoms with Gasteiger partial charge in [-0.2, -0.15) is 0 Å². The summed E-state index contributed by atoms with van der Waals surface area (Å²) in [5.41, 5.74) is 0.0502. The van der Waals surface area contributed by atoms with Crippen molar-refractivity contribution >= 4 is 34.8 Å². The molecule has 3 amide bonds. The van der Waals surface area contributed by atoms with Crippen LogP contribution in [-0.2, 0) is 19.1 Å². The largest absolute Gasteiger partial charge is 0.494 e. The van der Waals surface area contributed by atoms with Crippen molar-refractivity contribution in [1.29, 1.82) is 0 Å². The van der Waals surface area contributed by atoms with Crippen molar-refractivity contribution in [3.63, 3.8) is 0 Å². The highest BCUT2D eigenvalue weighted by molar-refractivity contribution is 6.07. The standard InChI is InChI=1S/C37H46N4O6/c1-5-36-20-9-22-39(28-16-18-29(19-17-28)46-8-4)33(43)30(36)31-34(44)41(24-11-25-42)32-35(45)40(23-10-21-37(31,32)47-36)27-14-12-26(13-15-27)38(6-2)7-3/h9-10,12-21,30-32,42H,5-8,11,22-25H2,1-4H3/t30-,31+,32?,36+,37+/m1/s1. The first-order chi connectivity index (χ1) is 22.8. The van der Waals surface area contributed by atoms with Crippen LogP contribution in [0.15, 0.2) is 72.8 Å². The minimum absolute atomic E-state index is 0.134. The molecule has 5 atom stereocenters. The fourth-order valence-electron chi connectivity index (χ4n) is 8.03. The molecule has 250 valence electrons. The Balaban J connectivity index is 1.41. The van der Waals surface area contributed by atoms with Crippen molar-refractivity contribution in [1.82, 2.24) is 4.90 Å². The van der Waals surface area contributed by atoms with Gasteiger partial charge in [0, 0.05) is 56.4 Å². The van der Waals surface area contributed by atoms with Gasteiger partial charge in [0.2, 0.25) is 11.8 Å². The van der Waals surface area contributed by atoms with Gasteiger partial charge in [0.05, 0.1) is 24.0 Å². The second kappa shape index (κ2) is 13.2. The van der Waals surface area contributed by atoms with Gasteiger partial charge in [0.15, 0.2) is 0 Å². The van der Waals surface area contributed by atoms with Crippen LogP contribution in [0.1, 0.15) is 40.5 Å². The van der Waals surface area contributed by atoms with E-state index in [1.54, 1.807) is 14.7 Å². The number of hydrogen-bond acceptors (Lipinski definition) is 7. The Morgan fingerprint density at radius 3 is 2.04 bits per heavy atom. The third-order valence-electron chi connectivity index (χ3n) is 10.2. The van der Waals surface area contributed by atoms with E-state index in [9.17, 15) is 19.5 Å². The lowest BCUT2D eigenvalue weighted by atomic mass is 9.73. The summed E-state index contributed by atoms with van der Waals surface area (Å²) >= 11 is 0. The normalized spacial score (nSPS) is 28.2. The smallest absolute Gasteiger partial charge is 0.253 e. The summed E-state index contributed by atoms with van der Waals surface area (Å²) in [7, 11) is 0. The number of aliphatic hydroxyl groups excluding tert-OH is 1. The summed E-state index contributed by atoms with van der Waals surface area (Å²) in [5.74, 6) is -1.84. The van der Waals surface area contributed by atoms with Crippen LogP contribution in [0.5, 0.6) is 5.75 Å². The van der Waals surface area contributed by atoms with E-state index in [1.807, 2.05) is 86.7 Å². The van der Waals surface area contributed by atoms with Gasteiger partial charge in [0.1, 0.15) is 17.4 Å². The molecule has 0 saturated carbocycles.